The standard InChI is InChI=1S/C14H20N2O4/c17-13(18)12-7-11(20-15-12)9-16-6-5-14(19)4-2-1-3-10(14)8-16/h7,10,19H,1-6,8-9H2,(H,17,18). The van der Waals surface area contributed by atoms with E-state index in [9.17, 15) is 9.90 Å². The Kier molecular flexibility index (Phi) is 3.52. The molecule has 1 saturated heterocycles. The molecule has 1 saturated carbocycles. The van der Waals surface area contributed by atoms with Crippen LogP contribution in [0.15, 0.2) is 10.6 Å². The molecule has 20 heavy (non-hydrogen) atoms. The van der Waals surface area contributed by atoms with Gasteiger partial charge in [-0.05, 0) is 19.3 Å². The number of aliphatic hydroxyl groups is 1. The number of rotatable bonds is 3. The van der Waals surface area contributed by atoms with Gasteiger partial charge in [-0.15, -0.1) is 0 Å². The van der Waals surface area contributed by atoms with Crippen LogP contribution in [-0.2, 0) is 6.54 Å². The van der Waals surface area contributed by atoms with Crippen LogP contribution in [0.3, 0.4) is 0 Å². The Bertz CT molecular complexity index is 501. The van der Waals surface area contributed by atoms with Crippen LogP contribution in [0.4, 0.5) is 0 Å². The van der Waals surface area contributed by atoms with Crippen molar-refractivity contribution in [1.82, 2.24) is 10.1 Å². The topological polar surface area (TPSA) is 86.8 Å². The molecule has 0 radical (unpaired) electrons. The Balaban J connectivity index is 1.63. The van der Waals surface area contributed by atoms with E-state index < -0.39 is 11.6 Å². The number of carbonyl (C=O) groups is 1. The number of likely N-dealkylation sites (tertiary alicyclic amines) is 1. The van der Waals surface area contributed by atoms with Crippen LogP contribution in [0.2, 0.25) is 0 Å². The monoisotopic (exact) mass is 280 g/mol. The van der Waals surface area contributed by atoms with Crippen molar-refractivity contribution in [3.63, 3.8) is 0 Å². The van der Waals surface area contributed by atoms with Gasteiger partial charge < -0.3 is 14.7 Å². The molecule has 2 atom stereocenters. The maximum atomic E-state index is 10.8. The fraction of sp³-hybridized carbons (Fsp3) is 0.714. The summed E-state index contributed by atoms with van der Waals surface area (Å²) < 4.78 is 5.05. The molecule has 1 aromatic heterocycles. The Hall–Kier alpha value is -1.40. The van der Waals surface area contributed by atoms with Crippen LogP contribution in [0.5, 0.6) is 0 Å². The molecule has 2 N–H and O–H groups in total. The van der Waals surface area contributed by atoms with E-state index in [4.69, 9.17) is 9.63 Å². The zero-order chi connectivity index (χ0) is 14.2. The minimum absolute atomic E-state index is 0.0498. The maximum Gasteiger partial charge on any atom is 0.358 e. The van der Waals surface area contributed by atoms with E-state index in [0.717, 1.165) is 38.8 Å². The van der Waals surface area contributed by atoms with Crippen molar-refractivity contribution in [1.29, 1.82) is 0 Å². The molecule has 110 valence electrons. The zero-order valence-corrected chi connectivity index (χ0v) is 11.4. The van der Waals surface area contributed by atoms with Gasteiger partial charge in [-0.2, -0.15) is 0 Å². The third-order valence-electron chi connectivity index (χ3n) is 4.67. The molecular formula is C14H20N2O4. The lowest BCUT2D eigenvalue weighted by molar-refractivity contribution is -0.0977. The van der Waals surface area contributed by atoms with Crippen LogP contribution in [-0.4, -0.2) is 44.9 Å². The summed E-state index contributed by atoms with van der Waals surface area (Å²) in [6.45, 7) is 2.22. The number of piperidine rings is 1. The highest BCUT2D eigenvalue weighted by Gasteiger charge is 2.42. The summed E-state index contributed by atoms with van der Waals surface area (Å²) in [5.41, 5.74) is -0.534. The molecule has 6 heteroatoms. The van der Waals surface area contributed by atoms with E-state index in [2.05, 4.69) is 10.1 Å². The summed E-state index contributed by atoms with van der Waals surface area (Å²) in [4.78, 5) is 13.0. The third-order valence-corrected chi connectivity index (χ3v) is 4.67. The molecule has 2 unspecified atom stereocenters. The van der Waals surface area contributed by atoms with Crippen LogP contribution in [0, 0.1) is 5.92 Å². The van der Waals surface area contributed by atoms with Gasteiger partial charge in [0.15, 0.2) is 11.5 Å². The van der Waals surface area contributed by atoms with Gasteiger partial charge in [0.1, 0.15) is 0 Å². The number of aromatic carboxylic acids is 1. The molecule has 3 rings (SSSR count). The molecule has 0 amide bonds. The quantitative estimate of drug-likeness (QED) is 0.872. The second-order valence-corrected chi connectivity index (χ2v) is 6.02. The first-order valence-electron chi connectivity index (χ1n) is 7.20. The number of aromatic nitrogens is 1. The molecule has 2 fully saturated rings. The van der Waals surface area contributed by atoms with Crippen LogP contribution in [0.1, 0.15) is 48.4 Å². The average molecular weight is 280 g/mol. The molecule has 1 aliphatic carbocycles. The van der Waals surface area contributed by atoms with Crippen LogP contribution < -0.4 is 0 Å². The van der Waals surface area contributed by atoms with Crippen molar-refractivity contribution < 1.29 is 19.5 Å². The smallest absolute Gasteiger partial charge is 0.358 e. The molecule has 0 spiro atoms. The minimum atomic E-state index is -1.07. The van der Waals surface area contributed by atoms with Crippen molar-refractivity contribution >= 4 is 5.97 Å². The first kappa shape index (κ1) is 13.6. The van der Waals surface area contributed by atoms with Crippen LogP contribution in [0.25, 0.3) is 0 Å². The summed E-state index contributed by atoms with van der Waals surface area (Å²) in [5.74, 6) is -0.171. The molecule has 2 aliphatic rings. The molecule has 1 aromatic rings. The Morgan fingerprint density at radius 2 is 2.35 bits per heavy atom. The third kappa shape index (κ3) is 2.58. The summed E-state index contributed by atoms with van der Waals surface area (Å²) in [5, 5.41) is 23.0. The highest BCUT2D eigenvalue weighted by molar-refractivity contribution is 5.85. The Labute approximate surface area is 117 Å². The predicted octanol–water partition coefficient (Wildman–Crippen LogP) is 1.50. The van der Waals surface area contributed by atoms with Crippen molar-refractivity contribution in [2.24, 2.45) is 5.92 Å². The fourth-order valence-electron chi connectivity index (χ4n) is 3.49. The van der Waals surface area contributed by atoms with E-state index in [1.807, 2.05) is 0 Å². The first-order valence-corrected chi connectivity index (χ1v) is 7.20. The molecule has 0 aromatic carbocycles. The molecule has 0 bridgehead atoms. The molecule has 6 nitrogen and oxygen atoms in total. The second kappa shape index (κ2) is 5.18. The van der Waals surface area contributed by atoms with E-state index in [-0.39, 0.29) is 5.69 Å². The SMILES string of the molecule is O=C(O)c1cc(CN2CCC3(O)CCCCC3C2)on1. The summed E-state index contributed by atoms with van der Waals surface area (Å²) in [6.07, 6.45) is 5.09. The first-order chi connectivity index (χ1) is 9.57. The molecule has 2 heterocycles. The lowest BCUT2D eigenvalue weighted by Crippen LogP contribution is -2.52. The number of carboxylic acids is 1. The van der Waals surface area contributed by atoms with Crippen molar-refractivity contribution in [3.8, 4) is 0 Å². The van der Waals surface area contributed by atoms with E-state index in [1.54, 1.807) is 0 Å². The van der Waals surface area contributed by atoms with Gasteiger partial charge in [-0.3, -0.25) is 4.90 Å². The van der Waals surface area contributed by atoms with Crippen molar-refractivity contribution in [3.05, 3.63) is 17.5 Å². The zero-order valence-electron chi connectivity index (χ0n) is 11.4. The number of nitrogens with zero attached hydrogens (tertiary/aromatic N) is 2. The summed E-state index contributed by atoms with van der Waals surface area (Å²) in [6, 6.07) is 1.48. The maximum absolute atomic E-state index is 10.8. The number of hydrogen-bond acceptors (Lipinski definition) is 5. The van der Waals surface area contributed by atoms with E-state index in [0.29, 0.717) is 18.2 Å². The highest BCUT2D eigenvalue weighted by atomic mass is 16.5. The highest BCUT2D eigenvalue weighted by Crippen LogP contribution is 2.40. The molecular weight excluding hydrogens is 260 g/mol. The van der Waals surface area contributed by atoms with Gasteiger partial charge in [0.2, 0.25) is 0 Å². The summed E-state index contributed by atoms with van der Waals surface area (Å²) in [7, 11) is 0. The van der Waals surface area contributed by atoms with Crippen molar-refractivity contribution in [2.75, 3.05) is 13.1 Å². The molecule has 1 aliphatic heterocycles. The van der Waals surface area contributed by atoms with Gasteiger partial charge in [-0.1, -0.05) is 18.0 Å². The number of fused-ring (bicyclic) bond motifs is 1. The van der Waals surface area contributed by atoms with Gasteiger partial charge in [0.05, 0.1) is 12.1 Å². The predicted molar refractivity (Wildman–Crippen MR) is 70.3 cm³/mol. The second-order valence-electron chi connectivity index (χ2n) is 6.02. The minimum Gasteiger partial charge on any atom is -0.476 e. The fourth-order valence-corrected chi connectivity index (χ4v) is 3.49. The largest absolute Gasteiger partial charge is 0.476 e. The lowest BCUT2D eigenvalue weighted by Gasteiger charge is -2.47. The lowest BCUT2D eigenvalue weighted by atomic mass is 9.71. The van der Waals surface area contributed by atoms with Gasteiger partial charge in [-0.25, -0.2) is 4.79 Å². The normalized spacial score (nSPS) is 30.9. The van der Waals surface area contributed by atoms with Gasteiger partial charge in [0.25, 0.3) is 0 Å². The number of hydrogen-bond donors (Lipinski definition) is 2. The van der Waals surface area contributed by atoms with Gasteiger partial charge in [0, 0.05) is 25.1 Å². The average Bonchev–Trinajstić information content (AvgIpc) is 2.88. The van der Waals surface area contributed by atoms with Crippen molar-refractivity contribution in [2.45, 2.75) is 44.2 Å². The number of carboxylic acid groups (broad SMARTS) is 1. The van der Waals surface area contributed by atoms with E-state index >= 15 is 0 Å². The van der Waals surface area contributed by atoms with E-state index in [1.165, 1.54) is 12.5 Å². The summed E-state index contributed by atoms with van der Waals surface area (Å²) >= 11 is 0. The Morgan fingerprint density at radius 1 is 1.50 bits per heavy atom. The van der Waals surface area contributed by atoms with Crippen LogP contribution >= 0.6 is 0 Å². The Morgan fingerprint density at radius 3 is 3.10 bits per heavy atom. The van der Waals surface area contributed by atoms with Gasteiger partial charge >= 0.3 is 5.97 Å².